The third-order valence-electron chi connectivity index (χ3n) is 5.72. The summed E-state index contributed by atoms with van der Waals surface area (Å²) < 4.78 is 0. The number of carbonyl (C=O) groups excluding carboxylic acids is 4. The summed E-state index contributed by atoms with van der Waals surface area (Å²) in [5.74, 6) is -1.04. The van der Waals surface area contributed by atoms with Crippen molar-refractivity contribution in [2.75, 3.05) is 6.54 Å². The second kappa shape index (κ2) is 7.89. The number of ketones is 2. The molecule has 7 heteroatoms. The molecule has 1 saturated heterocycles. The number of aromatic amines is 1. The maximum Gasteiger partial charge on any atom is 0.325 e. The first-order valence-electron chi connectivity index (χ1n) is 10.1. The van der Waals surface area contributed by atoms with Crippen molar-refractivity contribution < 1.29 is 19.2 Å². The fraction of sp³-hybridized carbons (Fsp3) is 0.391. The molecule has 1 aromatic heterocycles. The number of imide groups is 1. The number of nitrogens with one attached hydrogen (secondary N) is 2. The summed E-state index contributed by atoms with van der Waals surface area (Å²) in [7, 11) is 0. The molecule has 3 rings (SSSR count). The molecular weight excluding hydrogens is 382 g/mol. The molecule has 2 N–H and O–H groups in total. The molecule has 2 heterocycles. The van der Waals surface area contributed by atoms with E-state index in [0.29, 0.717) is 22.4 Å². The van der Waals surface area contributed by atoms with Crippen molar-refractivity contribution in [3.63, 3.8) is 0 Å². The molecule has 1 unspecified atom stereocenters. The summed E-state index contributed by atoms with van der Waals surface area (Å²) in [5.41, 5.74) is 2.44. The van der Waals surface area contributed by atoms with Crippen LogP contribution in [-0.4, -0.2) is 39.9 Å². The van der Waals surface area contributed by atoms with Crippen molar-refractivity contribution in [2.45, 2.75) is 53.0 Å². The molecule has 0 bridgehead atoms. The summed E-state index contributed by atoms with van der Waals surface area (Å²) in [4.78, 5) is 54.2. The molecule has 0 radical (unpaired) electrons. The largest absolute Gasteiger partial charge is 0.355 e. The maximum atomic E-state index is 13.1. The van der Waals surface area contributed by atoms with Crippen LogP contribution in [0.5, 0.6) is 0 Å². The maximum absolute atomic E-state index is 13.1. The van der Waals surface area contributed by atoms with Crippen LogP contribution in [0.3, 0.4) is 0 Å². The van der Waals surface area contributed by atoms with Crippen LogP contribution in [0.1, 0.15) is 70.4 Å². The minimum absolute atomic E-state index is 0.144. The van der Waals surface area contributed by atoms with E-state index in [1.165, 1.54) is 6.92 Å². The van der Waals surface area contributed by atoms with Gasteiger partial charge in [0.25, 0.3) is 5.91 Å². The lowest BCUT2D eigenvalue weighted by molar-refractivity contribution is -0.130. The fourth-order valence-corrected chi connectivity index (χ4v) is 4.11. The van der Waals surface area contributed by atoms with Crippen molar-refractivity contribution >= 4 is 23.5 Å². The molecule has 1 atom stereocenters. The fourth-order valence-electron chi connectivity index (χ4n) is 4.11. The van der Waals surface area contributed by atoms with Gasteiger partial charge in [-0.2, -0.15) is 0 Å². The molecule has 0 aliphatic carbocycles. The Balaban J connectivity index is 1.84. The number of Topliss-reactive ketones (excluding diaryl/α,β-unsaturated/α-hetero) is 2. The molecule has 0 spiro atoms. The Bertz CT molecular complexity index is 1040. The summed E-state index contributed by atoms with van der Waals surface area (Å²) in [5, 5.41) is 2.73. The smallest absolute Gasteiger partial charge is 0.325 e. The molecule has 3 amide bonds. The van der Waals surface area contributed by atoms with Gasteiger partial charge in [0.1, 0.15) is 5.54 Å². The Hall–Kier alpha value is -3.22. The van der Waals surface area contributed by atoms with Gasteiger partial charge in [-0.3, -0.25) is 19.3 Å². The number of aromatic nitrogens is 1. The average Bonchev–Trinajstić information content (AvgIpc) is 3.10. The highest BCUT2D eigenvalue weighted by atomic mass is 16.2. The number of hydrogen-bond donors (Lipinski definition) is 2. The lowest BCUT2D eigenvalue weighted by atomic mass is 9.91. The van der Waals surface area contributed by atoms with Crippen LogP contribution in [0.4, 0.5) is 4.79 Å². The van der Waals surface area contributed by atoms with Crippen LogP contribution >= 0.6 is 0 Å². The second-order valence-corrected chi connectivity index (χ2v) is 8.00. The molecule has 2 aromatic rings. The minimum Gasteiger partial charge on any atom is -0.355 e. The lowest BCUT2D eigenvalue weighted by Crippen LogP contribution is -2.41. The lowest BCUT2D eigenvalue weighted by Gasteiger charge is -2.22. The van der Waals surface area contributed by atoms with Gasteiger partial charge in [-0.1, -0.05) is 37.6 Å². The monoisotopic (exact) mass is 409 g/mol. The number of carbonyl (C=O) groups is 4. The number of amides is 3. The van der Waals surface area contributed by atoms with Gasteiger partial charge in [0, 0.05) is 11.3 Å². The van der Waals surface area contributed by atoms with Crippen molar-refractivity contribution in [3.05, 3.63) is 57.9 Å². The minimum atomic E-state index is -1.23. The van der Waals surface area contributed by atoms with Crippen molar-refractivity contribution in [1.29, 1.82) is 0 Å². The number of nitrogens with zero attached hydrogens (tertiary/aromatic N) is 1. The molecule has 1 aromatic carbocycles. The van der Waals surface area contributed by atoms with Crippen LogP contribution in [0.2, 0.25) is 0 Å². The Morgan fingerprint density at radius 3 is 2.27 bits per heavy atom. The zero-order valence-corrected chi connectivity index (χ0v) is 18.0. The zero-order chi connectivity index (χ0) is 22.2. The van der Waals surface area contributed by atoms with Crippen LogP contribution in [0, 0.1) is 13.8 Å². The first-order valence-corrected chi connectivity index (χ1v) is 10.1. The Morgan fingerprint density at radius 1 is 1.10 bits per heavy atom. The van der Waals surface area contributed by atoms with Gasteiger partial charge in [0.05, 0.1) is 12.2 Å². The van der Waals surface area contributed by atoms with Gasteiger partial charge in [-0.25, -0.2) is 4.79 Å². The predicted octanol–water partition coefficient (Wildman–Crippen LogP) is 3.44. The third kappa shape index (κ3) is 3.56. The van der Waals surface area contributed by atoms with Crippen LogP contribution in [0.15, 0.2) is 24.3 Å². The van der Waals surface area contributed by atoms with E-state index in [-0.39, 0.29) is 11.5 Å². The molecule has 1 fully saturated rings. The summed E-state index contributed by atoms with van der Waals surface area (Å²) in [6.45, 7) is 8.18. The number of urea groups is 1. The van der Waals surface area contributed by atoms with E-state index >= 15 is 0 Å². The highest BCUT2D eigenvalue weighted by Gasteiger charge is 2.49. The van der Waals surface area contributed by atoms with E-state index in [9.17, 15) is 19.2 Å². The summed E-state index contributed by atoms with van der Waals surface area (Å²) in [6, 6.07) is 6.97. The molecule has 0 saturated carbocycles. The number of hydrogen-bond acceptors (Lipinski definition) is 4. The van der Waals surface area contributed by atoms with Gasteiger partial charge in [0.2, 0.25) is 0 Å². The zero-order valence-electron chi connectivity index (χ0n) is 18.0. The average molecular weight is 409 g/mol. The van der Waals surface area contributed by atoms with Crippen LogP contribution < -0.4 is 5.32 Å². The molecular formula is C23H27N3O4. The van der Waals surface area contributed by atoms with Crippen LogP contribution in [-0.2, 0) is 16.8 Å². The third-order valence-corrected chi connectivity index (χ3v) is 5.72. The van der Waals surface area contributed by atoms with Crippen LogP contribution in [0.25, 0.3) is 0 Å². The number of rotatable bonds is 7. The highest BCUT2D eigenvalue weighted by molar-refractivity contribution is 6.12. The highest BCUT2D eigenvalue weighted by Crippen LogP contribution is 2.29. The first-order chi connectivity index (χ1) is 14.1. The summed E-state index contributed by atoms with van der Waals surface area (Å²) in [6.07, 6.45) is 1.96. The molecule has 30 heavy (non-hydrogen) atoms. The number of H-pyrrole nitrogens is 1. The number of benzene rings is 1. The van der Waals surface area contributed by atoms with Crippen molar-refractivity contribution in [3.8, 4) is 0 Å². The van der Waals surface area contributed by atoms with Gasteiger partial charge < -0.3 is 10.3 Å². The Kier molecular flexibility index (Phi) is 5.65. The SMILES string of the molecule is CCCc1ccc(C2(C)NC(=O)N(CC(=O)c3[nH]c(C)c(C(C)=O)c3C)C2=O)cc1. The normalized spacial score (nSPS) is 18.6. The van der Waals surface area contributed by atoms with Gasteiger partial charge in [0.15, 0.2) is 11.6 Å². The van der Waals surface area contributed by atoms with E-state index in [2.05, 4.69) is 17.2 Å². The van der Waals surface area contributed by atoms with E-state index < -0.39 is 29.8 Å². The first kappa shape index (κ1) is 21.5. The van der Waals surface area contributed by atoms with E-state index in [1.54, 1.807) is 20.8 Å². The Morgan fingerprint density at radius 2 is 1.73 bits per heavy atom. The number of aryl methyl sites for hydroxylation is 2. The van der Waals surface area contributed by atoms with E-state index in [1.807, 2.05) is 24.3 Å². The molecule has 1 aliphatic heterocycles. The Labute approximate surface area is 175 Å². The standard InChI is InChI=1S/C23H27N3O4/c1-6-7-16-8-10-17(11-9-16)23(5)21(29)26(22(30)25-23)12-18(28)20-13(2)19(15(4)27)14(3)24-20/h8-11,24H,6-7,12H2,1-5H3,(H,25,30). The predicted molar refractivity (Wildman–Crippen MR) is 113 cm³/mol. The van der Waals surface area contributed by atoms with E-state index in [0.717, 1.165) is 23.3 Å². The van der Waals surface area contributed by atoms with Crippen molar-refractivity contribution in [1.82, 2.24) is 15.2 Å². The molecule has 7 nitrogen and oxygen atoms in total. The van der Waals surface area contributed by atoms with Gasteiger partial charge >= 0.3 is 6.03 Å². The topological polar surface area (TPSA) is 99.3 Å². The van der Waals surface area contributed by atoms with Gasteiger partial charge in [-0.05, 0) is 50.8 Å². The molecule has 158 valence electrons. The van der Waals surface area contributed by atoms with Gasteiger partial charge in [-0.15, -0.1) is 0 Å². The second-order valence-electron chi connectivity index (χ2n) is 8.00. The molecule has 1 aliphatic rings. The van der Waals surface area contributed by atoms with Crippen molar-refractivity contribution in [2.24, 2.45) is 0 Å². The van der Waals surface area contributed by atoms with E-state index in [4.69, 9.17) is 0 Å². The quantitative estimate of drug-likeness (QED) is 0.540. The summed E-state index contributed by atoms with van der Waals surface area (Å²) >= 11 is 0.